The third-order valence-electron chi connectivity index (χ3n) is 5.07. The number of hydrogen-bond donors (Lipinski definition) is 1. The second-order valence-corrected chi connectivity index (χ2v) is 7.04. The number of nitrogens with zero attached hydrogens (tertiary/aromatic N) is 4. The Hall–Kier alpha value is -3.55. The predicted octanol–water partition coefficient (Wildman–Crippen LogP) is 3.41. The van der Waals surface area contributed by atoms with Crippen LogP contribution in [-0.4, -0.2) is 31.5 Å². The topological polar surface area (TPSA) is 103 Å². The zero-order valence-electron chi connectivity index (χ0n) is 16.0. The molecule has 0 amide bonds. The summed E-state index contributed by atoms with van der Waals surface area (Å²) in [6, 6.07) is 13.3. The van der Waals surface area contributed by atoms with E-state index in [1.807, 2.05) is 17.7 Å². The van der Waals surface area contributed by atoms with Crippen LogP contribution in [0.15, 0.2) is 48.5 Å². The number of fused-ring (bicyclic) bond motifs is 1. The summed E-state index contributed by atoms with van der Waals surface area (Å²) in [6.45, 7) is 2.61. The summed E-state index contributed by atoms with van der Waals surface area (Å²) in [4.78, 5) is 28.3. The lowest BCUT2D eigenvalue weighted by atomic mass is 10.0. The van der Waals surface area contributed by atoms with E-state index in [0.29, 0.717) is 23.4 Å². The Morgan fingerprint density at radius 2 is 2.03 bits per heavy atom. The number of nitro groups is 1. The van der Waals surface area contributed by atoms with Gasteiger partial charge in [0.05, 0.1) is 11.5 Å². The third-order valence-corrected chi connectivity index (χ3v) is 5.07. The maximum absolute atomic E-state index is 12.6. The highest BCUT2D eigenvalue weighted by Crippen LogP contribution is 2.29. The Bertz CT molecular complexity index is 1060. The first-order valence-corrected chi connectivity index (χ1v) is 9.62. The number of carbonyl (C=O) groups excluding carboxylic acids is 1. The van der Waals surface area contributed by atoms with Gasteiger partial charge >= 0.3 is 0 Å². The molecule has 8 nitrogen and oxygen atoms in total. The van der Waals surface area contributed by atoms with Crippen LogP contribution in [0.4, 0.5) is 11.4 Å². The molecular weight excluding hydrogens is 370 g/mol. The van der Waals surface area contributed by atoms with Crippen LogP contribution in [-0.2, 0) is 19.4 Å². The molecule has 1 atom stereocenters. The third kappa shape index (κ3) is 3.87. The predicted molar refractivity (Wildman–Crippen MR) is 108 cm³/mol. The molecule has 1 aliphatic rings. The van der Waals surface area contributed by atoms with Gasteiger partial charge in [-0.1, -0.05) is 37.3 Å². The summed E-state index contributed by atoms with van der Waals surface area (Å²) < 4.78 is 1.87. The molecule has 2 heterocycles. The zero-order chi connectivity index (χ0) is 20.4. The van der Waals surface area contributed by atoms with Crippen molar-refractivity contribution in [3.8, 4) is 0 Å². The van der Waals surface area contributed by atoms with Crippen LogP contribution >= 0.6 is 0 Å². The molecule has 0 fully saturated rings. The van der Waals surface area contributed by atoms with Crippen molar-refractivity contribution in [2.45, 2.75) is 38.8 Å². The highest BCUT2D eigenvalue weighted by Gasteiger charge is 2.25. The normalized spacial score (nSPS) is 15.6. The molecule has 0 saturated heterocycles. The van der Waals surface area contributed by atoms with Crippen LogP contribution in [0.25, 0.3) is 0 Å². The minimum atomic E-state index is -0.455. The number of anilines is 1. The van der Waals surface area contributed by atoms with Gasteiger partial charge in [0.25, 0.3) is 5.69 Å². The lowest BCUT2D eigenvalue weighted by Gasteiger charge is -2.24. The molecule has 2 aromatic carbocycles. The zero-order valence-corrected chi connectivity index (χ0v) is 16.0. The van der Waals surface area contributed by atoms with E-state index in [2.05, 4.69) is 15.4 Å². The van der Waals surface area contributed by atoms with E-state index >= 15 is 0 Å². The molecule has 0 aliphatic carbocycles. The van der Waals surface area contributed by atoms with Gasteiger partial charge in [-0.15, -0.1) is 0 Å². The van der Waals surface area contributed by atoms with Gasteiger partial charge in [0, 0.05) is 36.1 Å². The maximum Gasteiger partial charge on any atom is 0.293 e. The van der Waals surface area contributed by atoms with E-state index in [9.17, 15) is 14.9 Å². The monoisotopic (exact) mass is 391 g/mol. The van der Waals surface area contributed by atoms with Gasteiger partial charge < -0.3 is 5.32 Å². The average Bonchev–Trinajstić information content (AvgIpc) is 3.16. The molecule has 0 radical (unpaired) electrons. The quantitative estimate of drug-likeness (QED) is 0.392. The number of carbonyl (C=O) groups is 1. The van der Waals surface area contributed by atoms with Crippen LogP contribution in [0.1, 0.15) is 40.9 Å². The molecular formula is C21H21N5O3. The summed E-state index contributed by atoms with van der Waals surface area (Å²) in [5.74, 6) is 1.53. The lowest BCUT2D eigenvalue weighted by molar-refractivity contribution is -0.384. The summed E-state index contributed by atoms with van der Waals surface area (Å²) in [5.41, 5.74) is 1.10. The number of benzene rings is 2. The Morgan fingerprint density at radius 1 is 1.24 bits per heavy atom. The van der Waals surface area contributed by atoms with Crippen LogP contribution in [0, 0.1) is 10.1 Å². The number of nitrogens with one attached hydrogen (secondary N) is 1. The number of rotatable bonds is 6. The van der Waals surface area contributed by atoms with Gasteiger partial charge in [-0.05, 0) is 18.6 Å². The van der Waals surface area contributed by atoms with Crippen molar-refractivity contribution in [2.75, 3.05) is 5.32 Å². The summed E-state index contributed by atoms with van der Waals surface area (Å²) >= 11 is 0. The van der Waals surface area contributed by atoms with Crippen molar-refractivity contribution in [1.82, 2.24) is 14.8 Å². The molecule has 4 rings (SSSR count). The van der Waals surface area contributed by atoms with E-state index in [1.165, 1.54) is 6.07 Å². The molecule has 29 heavy (non-hydrogen) atoms. The Kier molecular flexibility index (Phi) is 5.07. The minimum Gasteiger partial charge on any atom is -0.375 e. The van der Waals surface area contributed by atoms with Gasteiger partial charge in [-0.2, -0.15) is 5.10 Å². The molecule has 3 aromatic rings. The average molecular weight is 391 g/mol. The first-order valence-electron chi connectivity index (χ1n) is 9.62. The number of ketones is 1. The van der Waals surface area contributed by atoms with Gasteiger partial charge in [-0.25, -0.2) is 9.67 Å². The Balaban J connectivity index is 1.56. The fourth-order valence-electron chi connectivity index (χ4n) is 3.55. The highest BCUT2D eigenvalue weighted by atomic mass is 16.6. The summed E-state index contributed by atoms with van der Waals surface area (Å²) in [5, 5.41) is 19.4. The van der Waals surface area contributed by atoms with Crippen molar-refractivity contribution in [2.24, 2.45) is 0 Å². The largest absolute Gasteiger partial charge is 0.375 e. The van der Waals surface area contributed by atoms with Crippen LogP contribution in [0.3, 0.4) is 0 Å². The van der Waals surface area contributed by atoms with E-state index < -0.39 is 4.92 Å². The van der Waals surface area contributed by atoms with E-state index in [1.54, 1.807) is 36.4 Å². The second kappa shape index (κ2) is 7.83. The minimum absolute atomic E-state index is 0.00304. The van der Waals surface area contributed by atoms with Gasteiger partial charge in [0.1, 0.15) is 11.5 Å². The molecule has 0 spiro atoms. The van der Waals surface area contributed by atoms with Crippen molar-refractivity contribution in [3.05, 3.63) is 81.4 Å². The van der Waals surface area contributed by atoms with E-state index in [4.69, 9.17) is 0 Å². The molecule has 8 heteroatoms. The SMILES string of the molecule is CCc1nc2n(n1)CC(Nc1ccc(C(=O)c3ccccc3)cc1[N+](=O)[O-])CC2. The second-order valence-electron chi connectivity index (χ2n) is 7.04. The van der Waals surface area contributed by atoms with Gasteiger partial charge in [0.15, 0.2) is 11.6 Å². The van der Waals surface area contributed by atoms with Crippen LogP contribution < -0.4 is 5.32 Å². The van der Waals surface area contributed by atoms with Gasteiger partial charge in [-0.3, -0.25) is 14.9 Å². The molecule has 148 valence electrons. The smallest absolute Gasteiger partial charge is 0.293 e. The highest BCUT2D eigenvalue weighted by molar-refractivity contribution is 6.09. The first kappa shape index (κ1) is 18.8. The number of nitro benzene ring substituents is 1. The standard InChI is InChI=1S/C21H21N5O3/c1-2-19-23-20-11-9-16(13-25(20)24-19)22-17-10-8-15(12-18(17)26(28)29)21(27)14-6-4-3-5-7-14/h3-8,10,12,16,22H,2,9,11,13H2,1H3. The molecule has 0 saturated carbocycles. The van der Waals surface area contributed by atoms with Crippen molar-refractivity contribution in [1.29, 1.82) is 0 Å². The number of aromatic nitrogens is 3. The van der Waals surface area contributed by atoms with Crippen molar-refractivity contribution < 1.29 is 9.72 Å². The summed E-state index contributed by atoms with van der Waals surface area (Å²) in [7, 11) is 0. The molecule has 0 bridgehead atoms. The molecule has 1 aliphatic heterocycles. The molecule has 1 N–H and O–H groups in total. The fraction of sp³-hybridized carbons (Fsp3) is 0.286. The fourth-order valence-corrected chi connectivity index (χ4v) is 3.55. The lowest BCUT2D eigenvalue weighted by Crippen LogP contribution is -2.32. The maximum atomic E-state index is 12.6. The Morgan fingerprint density at radius 3 is 2.76 bits per heavy atom. The number of hydrogen-bond acceptors (Lipinski definition) is 6. The van der Waals surface area contributed by atoms with E-state index in [-0.39, 0.29) is 17.5 Å². The first-order chi connectivity index (χ1) is 14.0. The van der Waals surface area contributed by atoms with Crippen molar-refractivity contribution >= 4 is 17.2 Å². The molecule has 1 aromatic heterocycles. The molecule has 1 unspecified atom stereocenters. The van der Waals surface area contributed by atoms with E-state index in [0.717, 1.165) is 30.9 Å². The van der Waals surface area contributed by atoms with Crippen molar-refractivity contribution in [3.63, 3.8) is 0 Å². The van der Waals surface area contributed by atoms with Crippen LogP contribution in [0.5, 0.6) is 0 Å². The summed E-state index contributed by atoms with van der Waals surface area (Å²) in [6.07, 6.45) is 2.35. The van der Waals surface area contributed by atoms with Gasteiger partial charge in [0.2, 0.25) is 0 Å². The van der Waals surface area contributed by atoms with Crippen LogP contribution in [0.2, 0.25) is 0 Å². The Labute approximate surface area is 167 Å². The number of aryl methyl sites for hydroxylation is 2.